The van der Waals surface area contributed by atoms with Crippen molar-refractivity contribution in [2.75, 3.05) is 5.32 Å². The lowest BCUT2D eigenvalue weighted by Crippen LogP contribution is -2.51. The number of anilines is 1. The lowest BCUT2D eigenvalue weighted by molar-refractivity contribution is -0.316. The second kappa shape index (κ2) is 6.19. The Labute approximate surface area is 136 Å². The predicted molar refractivity (Wildman–Crippen MR) is 86.5 cm³/mol. The molecule has 1 saturated carbocycles. The third kappa shape index (κ3) is 3.03. The highest BCUT2D eigenvalue weighted by Crippen LogP contribution is 2.45. The van der Waals surface area contributed by atoms with E-state index in [1.165, 1.54) is 5.56 Å². The molecule has 4 atom stereocenters. The molecule has 0 unspecified atom stereocenters. The van der Waals surface area contributed by atoms with E-state index in [0.717, 1.165) is 12.8 Å². The number of hydrogen-bond acceptors (Lipinski definition) is 3. The van der Waals surface area contributed by atoms with Crippen LogP contribution in [0, 0.1) is 23.7 Å². The Kier molecular flexibility index (Phi) is 4.24. The Morgan fingerprint density at radius 3 is 2.09 bits per heavy atom. The van der Waals surface area contributed by atoms with Gasteiger partial charge in [0.05, 0.1) is 5.92 Å². The van der Waals surface area contributed by atoms with E-state index in [9.17, 15) is 14.7 Å². The Hall–Kier alpha value is -2.10. The van der Waals surface area contributed by atoms with Crippen LogP contribution in [-0.2, 0) is 9.59 Å². The van der Waals surface area contributed by atoms with E-state index in [0.29, 0.717) is 11.6 Å². The van der Waals surface area contributed by atoms with E-state index in [2.05, 4.69) is 19.2 Å². The fourth-order valence-electron chi connectivity index (χ4n) is 3.85. The van der Waals surface area contributed by atoms with Crippen LogP contribution in [0.4, 0.5) is 5.69 Å². The smallest absolute Gasteiger partial charge is 0.228 e. The highest BCUT2D eigenvalue weighted by Gasteiger charge is 2.45. The Bertz CT molecular complexity index is 633. The Morgan fingerprint density at radius 2 is 1.61 bits per heavy atom. The number of carbonyl (C=O) groups excluding carboxylic acids is 2. The molecule has 4 rings (SSSR count). The van der Waals surface area contributed by atoms with E-state index in [-0.39, 0.29) is 17.7 Å². The minimum absolute atomic E-state index is 0.00200. The van der Waals surface area contributed by atoms with E-state index in [1.807, 2.05) is 36.4 Å². The van der Waals surface area contributed by atoms with Gasteiger partial charge in [0.15, 0.2) is 0 Å². The molecule has 1 aromatic carbocycles. The summed E-state index contributed by atoms with van der Waals surface area (Å²) in [5.41, 5.74) is 1.91. The zero-order valence-corrected chi connectivity index (χ0v) is 13.5. The SMILES string of the molecule is CC(C)c1ccc(NC(=O)[C@H]2[C@@H](C(=O)[O-])[C@@H]3C=C[C@@H]2CC3)cc1. The molecule has 0 aliphatic heterocycles. The third-order valence-corrected chi connectivity index (χ3v) is 5.17. The van der Waals surface area contributed by atoms with Gasteiger partial charge in [-0.2, -0.15) is 0 Å². The van der Waals surface area contributed by atoms with Crippen molar-refractivity contribution in [3.63, 3.8) is 0 Å². The Balaban J connectivity index is 1.76. The Morgan fingerprint density at radius 1 is 1.04 bits per heavy atom. The van der Waals surface area contributed by atoms with Crippen LogP contribution in [0.1, 0.15) is 38.2 Å². The van der Waals surface area contributed by atoms with Gasteiger partial charge >= 0.3 is 0 Å². The van der Waals surface area contributed by atoms with Crippen LogP contribution in [0.15, 0.2) is 36.4 Å². The predicted octanol–water partition coefficient (Wildman–Crippen LogP) is 2.33. The number of carbonyl (C=O) groups is 2. The van der Waals surface area contributed by atoms with Gasteiger partial charge in [0, 0.05) is 17.6 Å². The maximum absolute atomic E-state index is 12.7. The summed E-state index contributed by atoms with van der Waals surface area (Å²) in [4.78, 5) is 24.2. The van der Waals surface area contributed by atoms with Crippen LogP contribution in [0.25, 0.3) is 0 Å². The molecule has 1 fully saturated rings. The van der Waals surface area contributed by atoms with Crippen molar-refractivity contribution in [1.29, 1.82) is 0 Å². The number of aliphatic carboxylic acids is 1. The topological polar surface area (TPSA) is 69.2 Å². The summed E-state index contributed by atoms with van der Waals surface area (Å²) < 4.78 is 0. The van der Waals surface area contributed by atoms with Gasteiger partial charge in [-0.05, 0) is 48.3 Å². The molecule has 2 bridgehead atoms. The van der Waals surface area contributed by atoms with Gasteiger partial charge < -0.3 is 15.2 Å². The summed E-state index contributed by atoms with van der Waals surface area (Å²) in [5, 5.41) is 14.4. The van der Waals surface area contributed by atoms with E-state index in [1.54, 1.807) is 0 Å². The number of fused-ring (bicyclic) bond motifs is 2. The molecule has 0 aromatic heterocycles. The second-order valence-corrected chi connectivity index (χ2v) is 6.93. The summed E-state index contributed by atoms with van der Waals surface area (Å²) >= 11 is 0. The van der Waals surface area contributed by atoms with Crippen LogP contribution in [0.2, 0.25) is 0 Å². The third-order valence-electron chi connectivity index (χ3n) is 5.17. The first kappa shape index (κ1) is 15.8. The van der Waals surface area contributed by atoms with Gasteiger partial charge in [-0.1, -0.05) is 38.1 Å². The van der Waals surface area contributed by atoms with Crippen LogP contribution in [-0.4, -0.2) is 11.9 Å². The van der Waals surface area contributed by atoms with Crippen LogP contribution in [0.3, 0.4) is 0 Å². The molecule has 1 N–H and O–H groups in total. The maximum atomic E-state index is 12.7. The van der Waals surface area contributed by atoms with Crippen molar-refractivity contribution in [1.82, 2.24) is 0 Å². The summed E-state index contributed by atoms with van der Waals surface area (Å²) in [6, 6.07) is 7.73. The molecular weight excluding hydrogens is 290 g/mol. The molecule has 23 heavy (non-hydrogen) atoms. The van der Waals surface area contributed by atoms with Gasteiger partial charge in [0.2, 0.25) is 5.91 Å². The summed E-state index contributed by atoms with van der Waals surface area (Å²) in [7, 11) is 0. The minimum atomic E-state index is -1.11. The average Bonchev–Trinajstić information content (AvgIpc) is 2.55. The molecule has 4 nitrogen and oxygen atoms in total. The molecule has 122 valence electrons. The number of allylic oxidation sites excluding steroid dienone is 2. The van der Waals surface area contributed by atoms with Crippen molar-refractivity contribution >= 4 is 17.6 Å². The van der Waals surface area contributed by atoms with E-state index >= 15 is 0 Å². The first-order chi connectivity index (χ1) is 11.0. The van der Waals surface area contributed by atoms with Crippen molar-refractivity contribution in [3.05, 3.63) is 42.0 Å². The normalized spacial score (nSPS) is 28.8. The molecule has 0 saturated heterocycles. The number of rotatable bonds is 4. The van der Waals surface area contributed by atoms with Crippen LogP contribution in [0.5, 0.6) is 0 Å². The number of benzene rings is 1. The number of nitrogens with one attached hydrogen (secondary N) is 1. The fraction of sp³-hybridized carbons (Fsp3) is 0.474. The quantitative estimate of drug-likeness (QED) is 0.868. The zero-order valence-electron chi connectivity index (χ0n) is 13.5. The summed E-state index contributed by atoms with van der Waals surface area (Å²) in [6.07, 6.45) is 5.64. The summed E-state index contributed by atoms with van der Waals surface area (Å²) in [6.45, 7) is 4.23. The van der Waals surface area contributed by atoms with Gasteiger partial charge in [0.1, 0.15) is 0 Å². The number of carboxylic acids is 1. The van der Waals surface area contributed by atoms with Gasteiger partial charge in [0.25, 0.3) is 0 Å². The van der Waals surface area contributed by atoms with E-state index < -0.39 is 17.8 Å². The fourth-order valence-corrected chi connectivity index (χ4v) is 3.85. The van der Waals surface area contributed by atoms with Crippen molar-refractivity contribution in [3.8, 4) is 0 Å². The molecule has 4 heteroatoms. The first-order valence-corrected chi connectivity index (χ1v) is 8.27. The monoisotopic (exact) mass is 312 g/mol. The molecule has 0 heterocycles. The van der Waals surface area contributed by atoms with Crippen LogP contribution < -0.4 is 10.4 Å². The van der Waals surface area contributed by atoms with Gasteiger partial charge in [-0.3, -0.25) is 4.79 Å². The van der Waals surface area contributed by atoms with Crippen LogP contribution >= 0.6 is 0 Å². The summed E-state index contributed by atoms with van der Waals surface area (Å²) in [5.74, 6) is -2.22. The molecular formula is C19H22NO3-. The number of hydrogen-bond donors (Lipinski definition) is 1. The lowest BCUT2D eigenvalue weighted by atomic mass is 9.62. The average molecular weight is 312 g/mol. The number of amides is 1. The minimum Gasteiger partial charge on any atom is -0.550 e. The van der Waals surface area contributed by atoms with Gasteiger partial charge in [-0.25, -0.2) is 0 Å². The molecule has 1 aromatic rings. The molecule has 1 amide bonds. The molecule has 0 radical (unpaired) electrons. The van der Waals surface area contributed by atoms with E-state index in [4.69, 9.17) is 0 Å². The number of carboxylic acid groups (broad SMARTS) is 1. The zero-order chi connectivity index (χ0) is 16.6. The molecule has 3 aliphatic carbocycles. The lowest BCUT2D eigenvalue weighted by Gasteiger charge is -2.44. The van der Waals surface area contributed by atoms with Crippen molar-refractivity contribution in [2.24, 2.45) is 23.7 Å². The maximum Gasteiger partial charge on any atom is 0.228 e. The largest absolute Gasteiger partial charge is 0.550 e. The second-order valence-electron chi connectivity index (χ2n) is 6.93. The first-order valence-electron chi connectivity index (χ1n) is 8.27. The highest BCUT2D eigenvalue weighted by molar-refractivity contribution is 5.95. The highest BCUT2D eigenvalue weighted by atomic mass is 16.4. The standard InChI is InChI=1S/C19H23NO3/c1-11(2)12-7-9-15(10-8-12)20-18(21)16-13-3-5-14(6-4-13)17(16)19(22)23/h3,5,7-11,13-14,16-17H,4,6H2,1-2H3,(H,20,21)(H,22,23)/p-1/t13-,14-,16-,17+/m1/s1. The van der Waals surface area contributed by atoms with Gasteiger partial charge in [-0.15, -0.1) is 0 Å². The molecule has 3 aliphatic rings. The van der Waals surface area contributed by atoms with Crippen molar-refractivity contribution in [2.45, 2.75) is 32.6 Å². The molecule has 0 spiro atoms. The van der Waals surface area contributed by atoms with Crippen molar-refractivity contribution < 1.29 is 14.7 Å².